The Balaban J connectivity index is 2.03. The van der Waals surface area contributed by atoms with Gasteiger partial charge in [0.25, 0.3) is 11.6 Å². The van der Waals surface area contributed by atoms with Gasteiger partial charge < -0.3 is 10.2 Å². The van der Waals surface area contributed by atoms with Crippen LogP contribution in [0.25, 0.3) is 0 Å². The normalized spacial score (nSPS) is 10.3. The van der Waals surface area contributed by atoms with E-state index in [1.54, 1.807) is 25.1 Å². The molecule has 0 saturated heterocycles. The molecule has 0 aliphatic carbocycles. The molecule has 0 aliphatic rings. The molecule has 1 aromatic heterocycles. The van der Waals surface area contributed by atoms with Crippen LogP contribution < -0.4 is 5.32 Å². The highest BCUT2D eigenvalue weighted by Crippen LogP contribution is 2.28. The van der Waals surface area contributed by atoms with Gasteiger partial charge in [0.15, 0.2) is 0 Å². The Bertz CT molecular complexity index is 806. The van der Waals surface area contributed by atoms with E-state index < -0.39 is 10.8 Å². The van der Waals surface area contributed by atoms with Gasteiger partial charge in [0, 0.05) is 17.6 Å². The minimum Gasteiger partial charge on any atom is -0.332 e. The van der Waals surface area contributed by atoms with Gasteiger partial charge in [-0.05, 0) is 35.0 Å². The maximum atomic E-state index is 12.3. The molecule has 0 fully saturated rings. The second kappa shape index (κ2) is 7.54. The van der Waals surface area contributed by atoms with E-state index in [1.165, 1.54) is 18.0 Å². The van der Waals surface area contributed by atoms with Gasteiger partial charge in [-0.1, -0.05) is 12.1 Å². The van der Waals surface area contributed by atoms with Gasteiger partial charge >= 0.3 is 0 Å². The van der Waals surface area contributed by atoms with Crippen LogP contribution >= 0.6 is 27.3 Å². The number of benzene rings is 1. The summed E-state index contributed by atoms with van der Waals surface area (Å²) in [5, 5.41) is 13.6. The molecule has 2 aromatic rings. The lowest BCUT2D eigenvalue weighted by atomic mass is 10.3. The van der Waals surface area contributed by atoms with E-state index in [4.69, 9.17) is 0 Å². The van der Waals surface area contributed by atoms with Crippen molar-refractivity contribution < 1.29 is 14.5 Å². The number of nitrogens with zero attached hydrogens (tertiary/aromatic N) is 2. The first-order valence-electron chi connectivity index (χ1n) is 6.84. The van der Waals surface area contributed by atoms with Crippen LogP contribution in [0.1, 0.15) is 14.5 Å². The Morgan fingerprint density at radius 1 is 1.38 bits per heavy atom. The van der Waals surface area contributed by atoms with E-state index in [2.05, 4.69) is 21.2 Å². The van der Waals surface area contributed by atoms with Crippen molar-refractivity contribution in [3.63, 3.8) is 0 Å². The van der Waals surface area contributed by atoms with Crippen molar-refractivity contribution in [2.24, 2.45) is 0 Å². The van der Waals surface area contributed by atoms with Crippen molar-refractivity contribution >= 4 is 50.5 Å². The molecule has 0 unspecified atom stereocenters. The zero-order chi connectivity index (χ0) is 17.9. The average molecular weight is 412 g/mol. The van der Waals surface area contributed by atoms with E-state index in [9.17, 15) is 19.7 Å². The number of anilines is 1. The predicted molar refractivity (Wildman–Crippen MR) is 95.4 cm³/mol. The van der Waals surface area contributed by atoms with Gasteiger partial charge in [0.2, 0.25) is 5.91 Å². The van der Waals surface area contributed by atoms with Gasteiger partial charge in [-0.2, -0.15) is 0 Å². The zero-order valence-corrected chi connectivity index (χ0v) is 15.3. The monoisotopic (exact) mass is 411 g/mol. The van der Waals surface area contributed by atoms with E-state index in [1.807, 2.05) is 6.07 Å². The highest BCUT2D eigenvalue weighted by molar-refractivity contribution is 9.10. The zero-order valence-electron chi connectivity index (χ0n) is 12.9. The quantitative estimate of drug-likeness (QED) is 0.602. The molecule has 2 rings (SSSR count). The molecule has 0 atom stereocenters. The molecular weight excluding hydrogens is 398 g/mol. The number of halogens is 1. The van der Waals surface area contributed by atoms with Crippen molar-refractivity contribution in [3.05, 3.63) is 54.7 Å². The maximum Gasteiger partial charge on any atom is 0.283 e. The molecule has 1 N–H and O–H groups in total. The smallest absolute Gasteiger partial charge is 0.283 e. The number of aryl methyl sites for hydroxylation is 1. The van der Waals surface area contributed by atoms with Gasteiger partial charge in [0.1, 0.15) is 0 Å². The molecule has 126 valence electrons. The standard InChI is InChI=1S/C15H14BrN3O4S/c1-9-12(19(22)23)7-13(24-9)15(21)18(2)8-14(20)17-11-6-4-3-5-10(11)16/h3-7H,8H2,1-2H3,(H,17,20). The molecule has 1 aromatic carbocycles. The summed E-state index contributed by atoms with van der Waals surface area (Å²) in [6.07, 6.45) is 0. The van der Waals surface area contributed by atoms with E-state index >= 15 is 0 Å². The van der Waals surface area contributed by atoms with Crippen molar-refractivity contribution in [3.8, 4) is 0 Å². The third kappa shape index (κ3) is 4.18. The van der Waals surface area contributed by atoms with Crippen LogP contribution in [0.5, 0.6) is 0 Å². The topological polar surface area (TPSA) is 92.6 Å². The number of amides is 2. The lowest BCUT2D eigenvalue weighted by molar-refractivity contribution is -0.385. The molecule has 2 amide bonds. The summed E-state index contributed by atoms with van der Waals surface area (Å²) in [5.41, 5.74) is 0.514. The number of nitro groups is 1. The number of carbonyl (C=O) groups is 2. The molecule has 0 saturated carbocycles. The number of carbonyl (C=O) groups excluding carboxylic acids is 2. The van der Waals surface area contributed by atoms with Crippen LogP contribution in [0.3, 0.4) is 0 Å². The van der Waals surface area contributed by atoms with Crippen LogP contribution in [-0.4, -0.2) is 35.2 Å². The van der Waals surface area contributed by atoms with E-state index in [0.29, 0.717) is 10.6 Å². The number of nitrogens with one attached hydrogen (secondary N) is 1. The van der Waals surface area contributed by atoms with Crippen molar-refractivity contribution in [2.75, 3.05) is 18.9 Å². The van der Waals surface area contributed by atoms with Gasteiger partial charge in [-0.3, -0.25) is 19.7 Å². The van der Waals surface area contributed by atoms with Crippen molar-refractivity contribution in [1.29, 1.82) is 0 Å². The van der Waals surface area contributed by atoms with Crippen LogP contribution in [0.15, 0.2) is 34.8 Å². The molecule has 1 heterocycles. The van der Waals surface area contributed by atoms with Crippen LogP contribution in [0, 0.1) is 17.0 Å². The fraction of sp³-hybridized carbons (Fsp3) is 0.200. The summed E-state index contributed by atoms with van der Waals surface area (Å²) in [6, 6.07) is 8.36. The number of hydrogen-bond acceptors (Lipinski definition) is 5. The number of para-hydroxylation sites is 1. The second-order valence-electron chi connectivity index (χ2n) is 5.00. The number of rotatable bonds is 5. The second-order valence-corrected chi connectivity index (χ2v) is 7.11. The third-order valence-electron chi connectivity index (χ3n) is 3.17. The number of thiophene rings is 1. The summed E-state index contributed by atoms with van der Waals surface area (Å²) in [7, 11) is 1.48. The Morgan fingerprint density at radius 3 is 2.62 bits per heavy atom. The minimum absolute atomic E-state index is 0.0885. The molecule has 0 aliphatic heterocycles. The van der Waals surface area contributed by atoms with Gasteiger partial charge in [0.05, 0.1) is 26.9 Å². The van der Waals surface area contributed by atoms with E-state index in [-0.39, 0.29) is 23.0 Å². The molecule has 7 nitrogen and oxygen atoms in total. The summed E-state index contributed by atoms with van der Waals surface area (Å²) in [5.74, 6) is -0.793. The Hall–Kier alpha value is -2.26. The molecule has 0 spiro atoms. The Kier molecular flexibility index (Phi) is 5.68. The predicted octanol–water partition coefficient (Wildman–Crippen LogP) is 3.44. The first-order valence-corrected chi connectivity index (χ1v) is 8.45. The average Bonchev–Trinajstić information content (AvgIpc) is 2.90. The molecule has 9 heteroatoms. The fourth-order valence-electron chi connectivity index (χ4n) is 1.99. The molecular formula is C15H14BrN3O4S. The molecule has 24 heavy (non-hydrogen) atoms. The van der Waals surface area contributed by atoms with Gasteiger partial charge in [-0.25, -0.2) is 0 Å². The summed E-state index contributed by atoms with van der Waals surface area (Å²) in [4.78, 5) is 36.6. The first-order chi connectivity index (χ1) is 11.3. The highest BCUT2D eigenvalue weighted by atomic mass is 79.9. The van der Waals surface area contributed by atoms with Crippen LogP contribution in [0.4, 0.5) is 11.4 Å². The molecule has 0 radical (unpaired) electrons. The first kappa shape index (κ1) is 18.1. The fourth-order valence-corrected chi connectivity index (χ4v) is 3.35. The Labute approximate surface area is 150 Å². The summed E-state index contributed by atoms with van der Waals surface area (Å²) < 4.78 is 0.733. The largest absolute Gasteiger partial charge is 0.332 e. The summed E-state index contributed by atoms with van der Waals surface area (Å²) >= 11 is 4.36. The van der Waals surface area contributed by atoms with E-state index in [0.717, 1.165) is 15.8 Å². The lowest BCUT2D eigenvalue weighted by Crippen LogP contribution is -2.34. The maximum absolute atomic E-state index is 12.3. The lowest BCUT2D eigenvalue weighted by Gasteiger charge is -2.16. The molecule has 0 bridgehead atoms. The van der Waals surface area contributed by atoms with Gasteiger partial charge in [-0.15, -0.1) is 11.3 Å². The third-order valence-corrected chi connectivity index (χ3v) is 4.89. The van der Waals surface area contributed by atoms with Crippen molar-refractivity contribution in [2.45, 2.75) is 6.92 Å². The summed E-state index contributed by atoms with van der Waals surface area (Å²) in [6.45, 7) is 1.42. The van der Waals surface area contributed by atoms with Crippen LogP contribution in [-0.2, 0) is 4.79 Å². The van der Waals surface area contributed by atoms with Crippen molar-refractivity contribution in [1.82, 2.24) is 4.90 Å². The SMILES string of the molecule is Cc1sc(C(=O)N(C)CC(=O)Nc2ccccc2Br)cc1[N+](=O)[O-]. The Morgan fingerprint density at radius 2 is 2.04 bits per heavy atom. The number of hydrogen-bond donors (Lipinski definition) is 1. The minimum atomic E-state index is -0.526. The highest BCUT2D eigenvalue weighted by Gasteiger charge is 2.23. The van der Waals surface area contributed by atoms with Crippen LogP contribution in [0.2, 0.25) is 0 Å². The number of likely N-dealkylation sites (N-methyl/N-ethyl adjacent to an activating group) is 1.